The van der Waals surface area contributed by atoms with E-state index >= 15 is 0 Å². The van der Waals surface area contributed by atoms with Gasteiger partial charge in [0.05, 0.1) is 17.3 Å². The Balaban J connectivity index is 1.58. The number of halogens is 2. The predicted octanol–water partition coefficient (Wildman–Crippen LogP) is 4.04. The molecule has 0 aromatic carbocycles. The van der Waals surface area contributed by atoms with Crippen molar-refractivity contribution in [2.24, 2.45) is 5.92 Å². The van der Waals surface area contributed by atoms with Crippen LogP contribution >= 0.6 is 0 Å². The highest BCUT2D eigenvalue weighted by Crippen LogP contribution is 2.49. The Bertz CT molecular complexity index is 1100. The first-order valence-corrected chi connectivity index (χ1v) is 9.38. The van der Waals surface area contributed by atoms with Crippen LogP contribution in [0.15, 0.2) is 36.8 Å². The molecule has 3 aromatic rings. The molecule has 1 fully saturated rings. The number of nitrogens with zero attached hydrogens (tertiary/aromatic N) is 3. The van der Waals surface area contributed by atoms with Gasteiger partial charge in [0.2, 0.25) is 5.91 Å². The van der Waals surface area contributed by atoms with Crippen molar-refractivity contribution < 1.29 is 18.7 Å². The monoisotopic (exact) mass is 398 g/mol. The van der Waals surface area contributed by atoms with E-state index in [1.54, 1.807) is 24.7 Å². The van der Waals surface area contributed by atoms with E-state index in [2.05, 4.69) is 20.3 Å². The molecule has 2 N–H and O–H groups in total. The number of nitrogens with one attached hydrogen (secondary N) is 1. The molecule has 0 radical (unpaired) electrons. The summed E-state index contributed by atoms with van der Waals surface area (Å²) >= 11 is 0. The van der Waals surface area contributed by atoms with E-state index in [0.717, 1.165) is 22.1 Å². The van der Waals surface area contributed by atoms with E-state index < -0.39 is 30.3 Å². The van der Waals surface area contributed by atoms with Crippen LogP contribution in [0.2, 0.25) is 0 Å². The fourth-order valence-electron chi connectivity index (χ4n) is 3.22. The summed E-state index contributed by atoms with van der Waals surface area (Å²) in [7, 11) is 0. The highest BCUT2D eigenvalue weighted by Gasteiger charge is 2.61. The lowest BCUT2D eigenvalue weighted by atomic mass is 10.0. The minimum atomic E-state index is -2.91. The second kappa shape index (κ2) is 7.11. The molecule has 1 aliphatic carbocycles. The third-order valence-corrected chi connectivity index (χ3v) is 5.13. The van der Waals surface area contributed by atoms with Gasteiger partial charge >= 0.3 is 0 Å². The van der Waals surface area contributed by atoms with Gasteiger partial charge in [0, 0.05) is 47.6 Å². The molecule has 2 atom stereocenters. The zero-order chi connectivity index (χ0) is 20.8. The molecule has 8 heteroatoms. The SMILES string of the molecule is CC[C@H](O)c1cc(C)c(-c2cnc3cc(NC(=O)[C@H]4CC4(F)F)ncc3c2)cn1. The Morgan fingerprint density at radius 2 is 2.00 bits per heavy atom. The number of aliphatic hydroxyl groups is 1. The third kappa shape index (κ3) is 3.80. The molecule has 3 aromatic heterocycles. The number of amides is 1. The van der Waals surface area contributed by atoms with Gasteiger partial charge in [-0.15, -0.1) is 0 Å². The van der Waals surface area contributed by atoms with E-state index in [4.69, 9.17) is 0 Å². The molecule has 1 aliphatic rings. The number of alkyl halides is 2. The summed E-state index contributed by atoms with van der Waals surface area (Å²) in [4.78, 5) is 24.7. The molecule has 0 saturated heterocycles. The maximum absolute atomic E-state index is 13.0. The summed E-state index contributed by atoms with van der Waals surface area (Å²) in [5.41, 5.74) is 3.91. The van der Waals surface area contributed by atoms with Crippen molar-refractivity contribution in [1.82, 2.24) is 15.0 Å². The van der Waals surface area contributed by atoms with Gasteiger partial charge < -0.3 is 10.4 Å². The molecule has 4 rings (SSSR count). The average Bonchev–Trinajstić information content (AvgIpc) is 3.35. The maximum Gasteiger partial charge on any atom is 0.260 e. The van der Waals surface area contributed by atoms with Gasteiger partial charge in [-0.3, -0.25) is 14.8 Å². The summed E-state index contributed by atoms with van der Waals surface area (Å²) in [6.45, 7) is 3.83. The smallest absolute Gasteiger partial charge is 0.260 e. The fraction of sp³-hybridized carbons (Fsp3) is 0.333. The Morgan fingerprint density at radius 1 is 1.24 bits per heavy atom. The number of carbonyl (C=O) groups excluding carboxylic acids is 1. The number of rotatable bonds is 5. The van der Waals surface area contributed by atoms with Crippen LogP contribution in [0.1, 0.15) is 37.1 Å². The Labute approximate surface area is 166 Å². The van der Waals surface area contributed by atoms with Crippen LogP contribution in [0.5, 0.6) is 0 Å². The van der Waals surface area contributed by atoms with Crippen molar-refractivity contribution in [3.05, 3.63) is 48.0 Å². The van der Waals surface area contributed by atoms with E-state index in [1.165, 1.54) is 0 Å². The summed E-state index contributed by atoms with van der Waals surface area (Å²) < 4.78 is 26.0. The van der Waals surface area contributed by atoms with Crippen molar-refractivity contribution in [2.45, 2.75) is 38.7 Å². The van der Waals surface area contributed by atoms with Gasteiger partial charge in [-0.25, -0.2) is 13.8 Å². The molecule has 6 nitrogen and oxygen atoms in total. The molecule has 29 heavy (non-hydrogen) atoms. The van der Waals surface area contributed by atoms with Crippen molar-refractivity contribution in [1.29, 1.82) is 0 Å². The zero-order valence-corrected chi connectivity index (χ0v) is 16.0. The molecule has 0 bridgehead atoms. The topological polar surface area (TPSA) is 88.0 Å². The van der Waals surface area contributed by atoms with E-state index in [1.807, 2.05) is 26.0 Å². The van der Waals surface area contributed by atoms with E-state index in [0.29, 0.717) is 17.6 Å². The van der Waals surface area contributed by atoms with Crippen LogP contribution in [0.3, 0.4) is 0 Å². The predicted molar refractivity (Wildman–Crippen MR) is 104 cm³/mol. The molecular weight excluding hydrogens is 378 g/mol. The normalized spacial score (nSPS) is 18.4. The maximum atomic E-state index is 13.0. The fourth-order valence-corrected chi connectivity index (χ4v) is 3.22. The second-order valence-corrected chi connectivity index (χ2v) is 7.34. The van der Waals surface area contributed by atoms with Crippen molar-refractivity contribution in [3.63, 3.8) is 0 Å². The van der Waals surface area contributed by atoms with Gasteiger partial charge in [-0.05, 0) is 31.0 Å². The number of pyridine rings is 3. The van der Waals surface area contributed by atoms with Crippen LogP contribution in [0.25, 0.3) is 22.0 Å². The summed E-state index contributed by atoms with van der Waals surface area (Å²) in [6.07, 6.45) is 4.52. The minimum Gasteiger partial charge on any atom is -0.387 e. The number of fused-ring (bicyclic) bond motifs is 1. The summed E-state index contributed by atoms with van der Waals surface area (Å²) in [5.74, 6) is -4.72. The molecule has 3 heterocycles. The number of carbonyl (C=O) groups is 1. The first kappa shape index (κ1) is 19.3. The minimum absolute atomic E-state index is 0.196. The lowest BCUT2D eigenvalue weighted by Gasteiger charge is -2.12. The van der Waals surface area contributed by atoms with Crippen LogP contribution < -0.4 is 5.32 Å². The van der Waals surface area contributed by atoms with Crippen molar-refractivity contribution in [2.75, 3.05) is 5.32 Å². The number of aromatic nitrogens is 3. The molecular formula is C21H20F2N4O2. The highest BCUT2D eigenvalue weighted by molar-refractivity contribution is 5.96. The zero-order valence-electron chi connectivity index (χ0n) is 16.0. The van der Waals surface area contributed by atoms with Gasteiger partial charge in [0.25, 0.3) is 5.92 Å². The van der Waals surface area contributed by atoms with Gasteiger partial charge in [0.1, 0.15) is 11.7 Å². The highest BCUT2D eigenvalue weighted by atomic mass is 19.3. The Kier molecular flexibility index (Phi) is 4.74. The largest absolute Gasteiger partial charge is 0.387 e. The van der Waals surface area contributed by atoms with Gasteiger partial charge in [-0.1, -0.05) is 6.92 Å². The lowest BCUT2D eigenvalue weighted by Crippen LogP contribution is -2.18. The number of aryl methyl sites for hydroxylation is 1. The van der Waals surface area contributed by atoms with Gasteiger partial charge in [-0.2, -0.15) is 0 Å². The standard InChI is InChI=1S/C21H20F2N4O2/c1-3-18(28)17-4-11(2)14(10-25-17)12-5-13-9-26-19(6-16(13)24-8-12)27-20(29)15-7-21(15,22)23/h4-6,8-10,15,18,28H,3,7H2,1-2H3,(H,26,27,29)/t15-,18+/m1/s1. The first-order valence-electron chi connectivity index (χ1n) is 9.38. The molecule has 0 aliphatic heterocycles. The quantitative estimate of drug-likeness (QED) is 0.677. The Morgan fingerprint density at radius 3 is 2.66 bits per heavy atom. The number of aliphatic hydroxyl groups excluding tert-OH is 1. The molecule has 0 unspecified atom stereocenters. The van der Waals surface area contributed by atoms with Crippen molar-refractivity contribution in [3.8, 4) is 11.1 Å². The second-order valence-electron chi connectivity index (χ2n) is 7.34. The van der Waals surface area contributed by atoms with E-state index in [-0.39, 0.29) is 5.82 Å². The number of hydrogen-bond donors (Lipinski definition) is 2. The number of anilines is 1. The Hall–Kier alpha value is -3.00. The third-order valence-electron chi connectivity index (χ3n) is 5.13. The van der Waals surface area contributed by atoms with Gasteiger partial charge in [0.15, 0.2) is 0 Å². The van der Waals surface area contributed by atoms with Crippen LogP contribution in [0.4, 0.5) is 14.6 Å². The molecule has 0 spiro atoms. The first-order chi connectivity index (χ1) is 13.8. The molecule has 1 amide bonds. The lowest BCUT2D eigenvalue weighted by molar-refractivity contribution is -0.119. The van der Waals surface area contributed by atoms with Crippen LogP contribution in [-0.2, 0) is 4.79 Å². The number of hydrogen-bond acceptors (Lipinski definition) is 5. The van der Waals surface area contributed by atoms with Crippen LogP contribution in [0, 0.1) is 12.8 Å². The summed E-state index contributed by atoms with van der Waals surface area (Å²) in [6, 6.07) is 5.32. The van der Waals surface area contributed by atoms with Crippen LogP contribution in [-0.4, -0.2) is 31.9 Å². The average molecular weight is 398 g/mol. The summed E-state index contributed by atoms with van der Waals surface area (Å²) in [5, 5.41) is 13.1. The molecule has 150 valence electrons. The molecule has 1 saturated carbocycles. The van der Waals surface area contributed by atoms with E-state index in [9.17, 15) is 18.7 Å². The van der Waals surface area contributed by atoms with Crippen molar-refractivity contribution >= 4 is 22.6 Å².